The number of fused-ring (bicyclic) bond motifs is 1. The zero-order valence-electron chi connectivity index (χ0n) is 7.23. The molecule has 0 spiro atoms. The summed E-state index contributed by atoms with van der Waals surface area (Å²) in [6, 6.07) is 7.91. The van der Waals surface area contributed by atoms with Gasteiger partial charge < -0.3 is 0 Å². The van der Waals surface area contributed by atoms with E-state index in [0.29, 0.717) is 0 Å². The van der Waals surface area contributed by atoms with Gasteiger partial charge in [-0.3, -0.25) is 0 Å². The summed E-state index contributed by atoms with van der Waals surface area (Å²) >= 11 is 0. The van der Waals surface area contributed by atoms with Crippen LogP contribution < -0.4 is 0 Å². The molecule has 1 aromatic heterocycles. The third-order valence-electron chi connectivity index (χ3n) is 1.89. The Labute approximate surface area is 75.4 Å². The Morgan fingerprint density at radius 1 is 1.54 bits per heavy atom. The highest BCUT2D eigenvalue weighted by Gasteiger charge is 2.02. The summed E-state index contributed by atoms with van der Waals surface area (Å²) in [5, 5.41) is 16.3. The second kappa shape index (κ2) is 2.87. The number of aryl methyl sites for hydroxylation is 1. The number of aromatic nitrogens is 3. The molecule has 0 N–H and O–H groups in total. The third kappa shape index (κ3) is 1.25. The minimum atomic E-state index is 0.250. The van der Waals surface area contributed by atoms with Crippen molar-refractivity contribution in [3.63, 3.8) is 0 Å². The molecule has 13 heavy (non-hydrogen) atoms. The van der Waals surface area contributed by atoms with Crippen LogP contribution in [0.15, 0.2) is 18.2 Å². The predicted molar refractivity (Wildman–Crippen MR) is 47.9 cm³/mol. The van der Waals surface area contributed by atoms with Crippen LogP contribution in [0.5, 0.6) is 0 Å². The zero-order valence-corrected chi connectivity index (χ0v) is 7.23. The molecule has 0 radical (unpaired) electrons. The van der Waals surface area contributed by atoms with Gasteiger partial charge in [-0.2, -0.15) is 5.26 Å². The molecule has 1 aromatic carbocycles. The largest absolute Gasteiger partial charge is 0.230 e. The molecule has 0 aliphatic carbocycles. The normalized spacial score (nSPS) is 10.2. The summed E-state index contributed by atoms with van der Waals surface area (Å²) in [6.45, 7) is 2.25. The fraction of sp³-hybridized carbons (Fsp3) is 0.222. The molecule has 0 saturated heterocycles. The number of nitriles is 1. The van der Waals surface area contributed by atoms with Gasteiger partial charge in [-0.1, -0.05) is 11.3 Å². The molecule has 0 atom stereocenters. The first-order valence-electron chi connectivity index (χ1n) is 3.98. The van der Waals surface area contributed by atoms with Crippen LogP contribution in [0.1, 0.15) is 5.56 Å². The molecular formula is C9H8N4. The highest BCUT2D eigenvalue weighted by atomic mass is 15.4. The Bertz CT molecular complexity index is 478. The van der Waals surface area contributed by atoms with Gasteiger partial charge in [0, 0.05) is 0 Å². The van der Waals surface area contributed by atoms with Gasteiger partial charge in [0.2, 0.25) is 0 Å². The average Bonchev–Trinajstić information content (AvgIpc) is 2.49. The van der Waals surface area contributed by atoms with Crippen molar-refractivity contribution >= 4 is 11.0 Å². The van der Waals surface area contributed by atoms with E-state index >= 15 is 0 Å². The third-order valence-corrected chi connectivity index (χ3v) is 1.89. The molecule has 0 aliphatic rings. The smallest absolute Gasteiger partial charge is 0.130 e. The van der Waals surface area contributed by atoms with E-state index in [1.165, 1.54) is 0 Å². The quantitative estimate of drug-likeness (QED) is 0.650. The maximum absolute atomic E-state index is 8.53. The second-order valence-corrected chi connectivity index (χ2v) is 2.90. The Balaban J connectivity index is 2.66. The maximum atomic E-state index is 8.53. The minimum absolute atomic E-state index is 0.250. The highest BCUT2D eigenvalue weighted by molar-refractivity contribution is 5.74. The molecule has 2 rings (SSSR count). The predicted octanol–water partition coefficient (Wildman–Crippen LogP) is 1.26. The molecule has 64 valence electrons. The van der Waals surface area contributed by atoms with Gasteiger partial charge in [-0.25, -0.2) is 4.68 Å². The lowest BCUT2D eigenvalue weighted by Gasteiger charge is -1.95. The van der Waals surface area contributed by atoms with Crippen LogP contribution in [0.3, 0.4) is 0 Å². The van der Waals surface area contributed by atoms with Crippen LogP contribution in [0.2, 0.25) is 0 Å². The molecule has 4 nitrogen and oxygen atoms in total. The average molecular weight is 172 g/mol. The summed E-state index contributed by atoms with van der Waals surface area (Å²) in [7, 11) is 0. The van der Waals surface area contributed by atoms with Crippen LogP contribution in [-0.4, -0.2) is 15.0 Å². The Morgan fingerprint density at radius 3 is 3.15 bits per heavy atom. The molecule has 0 bridgehead atoms. The molecule has 0 saturated carbocycles. The van der Waals surface area contributed by atoms with E-state index in [4.69, 9.17) is 5.26 Å². The van der Waals surface area contributed by atoms with E-state index in [9.17, 15) is 0 Å². The van der Waals surface area contributed by atoms with Crippen molar-refractivity contribution in [2.75, 3.05) is 0 Å². The molecular weight excluding hydrogens is 164 g/mol. The molecule has 4 heteroatoms. The second-order valence-electron chi connectivity index (χ2n) is 2.90. The van der Waals surface area contributed by atoms with Crippen LogP contribution in [0.25, 0.3) is 11.0 Å². The van der Waals surface area contributed by atoms with Crippen LogP contribution in [0, 0.1) is 18.3 Å². The van der Waals surface area contributed by atoms with Gasteiger partial charge >= 0.3 is 0 Å². The van der Waals surface area contributed by atoms with E-state index in [2.05, 4.69) is 10.3 Å². The molecule has 0 unspecified atom stereocenters. The number of hydrogen-bond donors (Lipinski definition) is 0. The summed E-state index contributed by atoms with van der Waals surface area (Å²) in [4.78, 5) is 0. The molecule has 2 aromatic rings. The van der Waals surface area contributed by atoms with Crippen molar-refractivity contribution < 1.29 is 0 Å². The van der Waals surface area contributed by atoms with Gasteiger partial charge in [-0.05, 0) is 24.6 Å². The number of benzene rings is 1. The van der Waals surface area contributed by atoms with E-state index in [1.807, 2.05) is 31.2 Å². The van der Waals surface area contributed by atoms with E-state index in [-0.39, 0.29) is 6.54 Å². The molecule has 1 heterocycles. The van der Waals surface area contributed by atoms with Crippen LogP contribution in [-0.2, 0) is 6.54 Å². The summed E-state index contributed by atoms with van der Waals surface area (Å²) in [5.74, 6) is 0. The van der Waals surface area contributed by atoms with Gasteiger partial charge in [0.25, 0.3) is 0 Å². The number of nitrogens with zero attached hydrogens (tertiary/aromatic N) is 4. The van der Waals surface area contributed by atoms with Crippen molar-refractivity contribution in [1.82, 2.24) is 15.0 Å². The number of hydrogen-bond acceptors (Lipinski definition) is 3. The van der Waals surface area contributed by atoms with Crippen molar-refractivity contribution in [3.8, 4) is 6.07 Å². The molecule has 0 fully saturated rings. The van der Waals surface area contributed by atoms with Gasteiger partial charge in [0.1, 0.15) is 12.1 Å². The highest BCUT2D eigenvalue weighted by Crippen LogP contribution is 2.12. The van der Waals surface area contributed by atoms with Crippen LogP contribution in [0.4, 0.5) is 0 Å². The maximum Gasteiger partial charge on any atom is 0.130 e. The van der Waals surface area contributed by atoms with Crippen molar-refractivity contribution in [3.05, 3.63) is 23.8 Å². The lowest BCUT2D eigenvalue weighted by atomic mass is 10.2. The Hall–Kier alpha value is -1.89. The summed E-state index contributed by atoms with van der Waals surface area (Å²) in [6.07, 6.45) is 0. The lowest BCUT2D eigenvalue weighted by Crippen LogP contribution is -1.97. The van der Waals surface area contributed by atoms with Crippen molar-refractivity contribution in [2.45, 2.75) is 13.5 Å². The van der Waals surface area contributed by atoms with Crippen molar-refractivity contribution in [2.24, 2.45) is 0 Å². The minimum Gasteiger partial charge on any atom is -0.230 e. The first-order chi connectivity index (χ1) is 6.31. The Kier molecular flexibility index (Phi) is 1.71. The first kappa shape index (κ1) is 7.74. The fourth-order valence-corrected chi connectivity index (χ4v) is 1.26. The standard InChI is InChI=1S/C9H8N4/c1-7-2-3-8-9(6-7)13(5-4-10)12-11-8/h2-3,6H,5H2,1H3. The van der Waals surface area contributed by atoms with Gasteiger partial charge in [0.15, 0.2) is 0 Å². The monoisotopic (exact) mass is 172 g/mol. The number of rotatable bonds is 1. The van der Waals surface area contributed by atoms with E-state index < -0.39 is 0 Å². The summed E-state index contributed by atoms with van der Waals surface area (Å²) < 4.78 is 1.60. The molecule has 0 amide bonds. The fourth-order valence-electron chi connectivity index (χ4n) is 1.26. The van der Waals surface area contributed by atoms with Crippen LogP contribution >= 0.6 is 0 Å². The van der Waals surface area contributed by atoms with Gasteiger partial charge in [-0.15, -0.1) is 5.10 Å². The first-order valence-corrected chi connectivity index (χ1v) is 3.98. The molecule has 0 aliphatic heterocycles. The zero-order chi connectivity index (χ0) is 9.26. The van der Waals surface area contributed by atoms with E-state index in [0.717, 1.165) is 16.6 Å². The van der Waals surface area contributed by atoms with Crippen molar-refractivity contribution in [1.29, 1.82) is 5.26 Å². The lowest BCUT2D eigenvalue weighted by molar-refractivity contribution is 0.689. The summed E-state index contributed by atoms with van der Waals surface area (Å²) in [5.41, 5.74) is 2.90. The Morgan fingerprint density at radius 2 is 2.38 bits per heavy atom. The topological polar surface area (TPSA) is 54.5 Å². The van der Waals surface area contributed by atoms with E-state index in [1.54, 1.807) is 4.68 Å². The van der Waals surface area contributed by atoms with Gasteiger partial charge in [0.05, 0.1) is 11.6 Å². The SMILES string of the molecule is Cc1ccc2nnn(CC#N)c2c1.